The molecule has 0 bridgehead atoms. The number of halogens is 1. The van der Waals surface area contributed by atoms with E-state index in [0.29, 0.717) is 28.4 Å². The standard InChI is InChI=1S/C18H21ClN2O3S/c1-12(2)11-20-25(23,24)16-8-9-17(13(3)10-16)21-18(22)14-4-6-15(19)7-5-14/h4-10,12,20H,11H2,1-3H3,(H,21,22). The smallest absolute Gasteiger partial charge is 0.255 e. The Morgan fingerprint density at radius 1 is 1.12 bits per heavy atom. The lowest BCUT2D eigenvalue weighted by Crippen LogP contribution is -2.27. The largest absolute Gasteiger partial charge is 0.322 e. The highest BCUT2D eigenvalue weighted by Gasteiger charge is 2.16. The number of hydrogen-bond acceptors (Lipinski definition) is 3. The molecule has 2 rings (SSSR count). The monoisotopic (exact) mass is 380 g/mol. The molecule has 2 aromatic carbocycles. The Balaban J connectivity index is 2.16. The Labute approximate surface area is 153 Å². The average Bonchev–Trinajstić information content (AvgIpc) is 2.55. The zero-order valence-electron chi connectivity index (χ0n) is 14.3. The van der Waals surface area contributed by atoms with Gasteiger partial charge in [-0.2, -0.15) is 0 Å². The number of aryl methyl sites for hydroxylation is 1. The van der Waals surface area contributed by atoms with Crippen LogP contribution in [-0.4, -0.2) is 20.9 Å². The summed E-state index contributed by atoms with van der Waals surface area (Å²) in [7, 11) is -3.56. The summed E-state index contributed by atoms with van der Waals surface area (Å²) in [5.41, 5.74) is 1.69. The molecule has 2 aromatic rings. The Hall–Kier alpha value is -1.89. The van der Waals surface area contributed by atoms with Crippen LogP contribution in [0.5, 0.6) is 0 Å². The van der Waals surface area contributed by atoms with Crippen molar-refractivity contribution in [3.63, 3.8) is 0 Å². The summed E-state index contributed by atoms with van der Waals surface area (Å²) < 4.78 is 27.1. The fourth-order valence-corrected chi connectivity index (χ4v) is 3.52. The van der Waals surface area contributed by atoms with Crippen LogP contribution in [0, 0.1) is 12.8 Å². The maximum Gasteiger partial charge on any atom is 0.255 e. The SMILES string of the molecule is Cc1cc(S(=O)(=O)NCC(C)C)ccc1NC(=O)c1ccc(Cl)cc1. The molecule has 0 radical (unpaired) electrons. The number of amides is 1. The van der Waals surface area contributed by atoms with E-state index in [1.54, 1.807) is 43.3 Å². The minimum Gasteiger partial charge on any atom is -0.322 e. The van der Waals surface area contributed by atoms with Crippen molar-refractivity contribution in [1.29, 1.82) is 0 Å². The van der Waals surface area contributed by atoms with E-state index < -0.39 is 10.0 Å². The zero-order valence-corrected chi connectivity index (χ0v) is 15.9. The number of anilines is 1. The second-order valence-corrected chi connectivity index (χ2v) is 8.39. The summed E-state index contributed by atoms with van der Waals surface area (Å²) in [6.07, 6.45) is 0. The van der Waals surface area contributed by atoms with E-state index in [4.69, 9.17) is 11.6 Å². The number of nitrogens with one attached hydrogen (secondary N) is 2. The molecule has 0 aliphatic rings. The number of carbonyl (C=O) groups is 1. The zero-order chi connectivity index (χ0) is 18.6. The van der Waals surface area contributed by atoms with Crippen LogP contribution >= 0.6 is 11.6 Å². The predicted octanol–water partition coefficient (Wildman–Crippen LogP) is 3.84. The topological polar surface area (TPSA) is 75.3 Å². The Kier molecular flexibility index (Phi) is 6.21. The van der Waals surface area contributed by atoms with Crippen molar-refractivity contribution in [1.82, 2.24) is 4.72 Å². The molecule has 2 N–H and O–H groups in total. The normalized spacial score (nSPS) is 11.6. The van der Waals surface area contributed by atoms with E-state index in [0.717, 1.165) is 0 Å². The molecule has 5 nitrogen and oxygen atoms in total. The molecule has 134 valence electrons. The minimum atomic E-state index is -3.56. The van der Waals surface area contributed by atoms with Crippen molar-refractivity contribution in [3.8, 4) is 0 Å². The van der Waals surface area contributed by atoms with E-state index in [9.17, 15) is 13.2 Å². The highest BCUT2D eigenvalue weighted by molar-refractivity contribution is 7.89. The van der Waals surface area contributed by atoms with Crippen molar-refractivity contribution in [2.75, 3.05) is 11.9 Å². The molecule has 0 heterocycles. The molecule has 0 atom stereocenters. The van der Waals surface area contributed by atoms with E-state index >= 15 is 0 Å². The molecule has 25 heavy (non-hydrogen) atoms. The van der Waals surface area contributed by atoms with Crippen molar-refractivity contribution in [2.24, 2.45) is 5.92 Å². The van der Waals surface area contributed by atoms with Gasteiger partial charge in [0.2, 0.25) is 10.0 Å². The van der Waals surface area contributed by atoms with Crippen molar-refractivity contribution in [3.05, 3.63) is 58.6 Å². The van der Waals surface area contributed by atoms with Crippen LogP contribution in [0.25, 0.3) is 0 Å². The Morgan fingerprint density at radius 2 is 1.76 bits per heavy atom. The molecular formula is C18H21ClN2O3S. The summed E-state index contributed by atoms with van der Waals surface area (Å²) in [6, 6.07) is 11.1. The van der Waals surface area contributed by atoms with Crippen LogP contribution < -0.4 is 10.0 Å². The van der Waals surface area contributed by atoms with Crippen LogP contribution in [0.1, 0.15) is 29.8 Å². The molecular weight excluding hydrogens is 360 g/mol. The number of carbonyl (C=O) groups excluding carboxylic acids is 1. The quantitative estimate of drug-likeness (QED) is 0.799. The lowest BCUT2D eigenvalue weighted by Gasteiger charge is -2.12. The first-order chi connectivity index (χ1) is 11.7. The van der Waals surface area contributed by atoms with Gasteiger partial charge >= 0.3 is 0 Å². The van der Waals surface area contributed by atoms with Gasteiger partial charge < -0.3 is 5.32 Å². The van der Waals surface area contributed by atoms with E-state index in [1.807, 2.05) is 13.8 Å². The van der Waals surface area contributed by atoms with E-state index in [2.05, 4.69) is 10.0 Å². The van der Waals surface area contributed by atoms with Gasteiger partial charge in [-0.1, -0.05) is 25.4 Å². The van der Waals surface area contributed by atoms with Crippen LogP contribution in [0.3, 0.4) is 0 Å². The Bertz CT molecular complexity index is 862. The van der Waals surface area contributed by atoms with Gasteiger partial charge in [-0.15, -0.1) is 0 Å². The number of benzene rings is 2. The van der Waals surface area contributed by atoms with Crippen molar-refractivity contribution in [2.45, 2.75) is 25.7 Å². The molecule has 1 amide bonds. The highest BCUT2D eigenvalue weighted by Crippen LogP contribution is 2.21. The van der Waals surface area contributed by atoms with Crippen LogP contribution in [0.2, 0.25) is 5.02 Å². The summed E-state index contributed by atoms with van der Waals surface area (Å²) >= 11 is 5.81. The second-order valence-electron chi connectivity index (χ2n) is 6.18. The van der Waals surface area contributed by atoms with Crippen LogP contribution in [-0.2, 0) is 10.0 Å². The number of rotatable bonds is 6. The fraction of sp³-hybridized carbons (Fsp3) is 0.278. The third-order valence-corrected chi connectivity index (χ3v) is 5.22. The van der Waals surface area contributed by atoms with Gasteiger partial charge in [-0.25, -0.2) is 13.1 Å². The molecule has 0 aliphatic heterocycles. The summed E-state index contributed by atoms with van der Waals surface area (Å²) in [5, 5.41) is 3.33. The number of hydrogen-bond donors (Lipinski definition) is 2. The first-order valence-corrected chi connectivity index (χ1v) is 9.72. The van der Waals surface area contributed by atoms with Gasteiger partial charge in [0.15, 0.2) is 0 Å². The van der Waals surface area contributed by atoms with Crippen LogP contribution in [0.4, 0.5) is 5.69 Å². The third-order valence-electron chi connectivity index (χ3n) is 3.54. The van der Waals surface area contributed by atoms with Crippen molar-refractivity contribution < 1.29 is 13.2 Å². The summed E-state index contributed by atoms with van der Waals surface area (Å²) in [4.78, 5) is 12.4. The molecule has 0 fully saturated rings. The van der Waals surface area contributed by atoms with Crippen LogP contribution in [0.15, 0.2) is 47.4 Å². The lowest BCUT2D eigenvalue weighted by atomic mass is 10.1. The maximum atomic E-state index is 12.3. The predicted molar refractivity (Wildman–Crippen MR) is 101 cm³/mol. The lowest BCUT2D eigenvalue weighted by molar-refractivity contribution is 0.102. The molecule has 0 saturated heterocycles. The van der Waals surface area contributed by atoms with Gasteiger partial charge in [-0.05, 0) is 60.9 Å². The van der Waals surface area contributed by atoms with Crippen molar-refractivity contribution >= 4 is 33.2 Å². The molecule has 0 aliphatic carbocycles. The first-order valence-electron chi connectivity index (χ1n) is 7.86. The highest BCUT2D eigenvalue weighted by atomic mass is 35.5. The molecule has 7 heteroatoms. The first kappa shape index (κ1) is 19.4. The molecule has 0 saturated carbocycles. The molecule has 0 unspecified atom stereocenters. The van der Waals surface area contributed by atoms with Gasteiger partial charge in [0.25, 0.3) is 5.91 Å². The average molecular weight is 381 g/mol. The van der Waals surface area contributed by atoms with E-state index in [1.165, 1.54) is 6.07 Å². The fourth-order valence-electron chi connectivity index (χ4n) is 2.10. The van der Waals surface area contributed by atoms with Gasteiger partial charge in [0, 0.05) is 22.8 Å². The maximum absolute atomic E-state index is 12.3. The molecule has 0 spiro atoms. The second kappa shape index (κ2) is 7.99. The molecule has 0 aromatic heterocycles. The van der Waals surface area contributed by atoms with E-state index in [-0.39, 0.29) is 16.7 Å². The minimum absolute atomic E-state index is 0.176. The van der Waals surface area contributed by atoms with Gasteiger partial charge in [0.05, 0.1) is 4.90 Å². The summed E-state index contributed by atoms with van der Waals surface area (Å²) in [6.45, 7) is 5.99. The number of sulfonamides is 1. The summed E-state index contributed by atoms with van der Waals surface area (Å²) in [5.74, 6) is -0.0675. The van der Waals surface area contributed by atoms with Gasteiger partial charge in [-0.3, -0.25) is 4.79 Å². The Morgan fingerprint density at radius 3 is 2.32 bits per heavy atom. The van der Waals surface area contributed by atoms with Gasteiger partial charge in [0.1, 0.15) is 0 Å². The third kappa shape index (κ3) is 5.29.